The van der Waals surface area contributed by atoms with Crippen LogP contribution in [0.15, 0.2) is 36.4 Å². The number of aromatic amines is 1. The molecule has 0 aliphatic carbocycles. The fourth-order valence-corrected chi connectivity index (χ4v) is 1.92. The van der Waals surface area contributed by atoms with Crippen molar-refractivity contribution < 1.29 is 0 Å². The average Bonchev–Trinajstić information content (AvgIpc) is 2.74. The topological polar surface area (TPSA) is 31.9 Å². The third-order valence-electron chi connectivity index (χ3n) is 2.73. The van der Waals surface area contributed by atoms with E-state index in [0.717, 1.165) is 36.5 Å². The molecule has 0 bridgehead atoms. The maximum Gasteiger partial charge on any atom is 0.204 e. The second kappa shape index (κ2) is 3.42. The molecule has 0 saturated carbocycles. The lowest BCUT2D eigenvalue weighted by molar-refractivity contribution is 0.797. The number of imidazole rings is 1. The summed E-state index contributed by atoms with van der Waals surface area (Å²) in [6, 6.07) is 8.14. The molecule has 2 heterocycles. The van der Waals surface area contributed by atoms with Crippen LogP contribution >= 0.6 is 0 Å². The van der Waals surface area contributed by atoms with Gasteiger partial charge in [-0.3, -0.25) is 0 Å². The van der Waals surface area contributed by atoms with E-state index >= 15 is 0 Å². The van der Waals surface area contributed by atoms with Crippen LogP contribution in [0, 0.1) is 0 Å². The number of hydrogen-bond acceptors (Lipinski definition) is 2. The average molecular weight is 199 g/mol. The Morgan fingerprint density at radius 2 is 2.13 bits per heavy atom. The minimum atomic E-state index is 0.958. The van der Waals surface area contributed by atoms with Crippen LogP contribution in [-0.4, -0.2) is 23.1 Å². The highest BCUT2D eigenvalue weighted by molar-refractivity contribution is 5.77. The molecule has 3 heteroatoms. The molecular weight excluding hydrogens is 186 g/mol. The Balaban J connectivity index is 2.00. The van der Waals surface area contributed by atoms with Crippen molar-refractivity contribution in [1.29, 1.82) is 0 Å². The lowest BCUT2D eigenvalue weighted by Crippen LogP contribution is -2.27. The molecule has 15 heavy (non-hydrogen) atoms. The fourth-order valence-electron chi connectivity index (χ4n) is 1.92. The number of anilines is 1. The van der Waals surface area contributed by atoms with Gasteiger partial charge in [-0.1, -0.05) is 24.3 Å². The molecule has 0 atom stereocenters. The third kappa shape index (κ3) is 1.50. The van der Waals surface area contributed by atoms with E-state index in [1.54, 1.807) is 0 Å². The molecule has 0 spiro atoms. The van der Waals surface area contributed by atoms with Crippen molar-refractivity contribution in [2.24, 2.45) is 0 Å². The summed E-state index contributed by atoms with van der Waals surface area (Å²) in [5.41, 5.74) is 2.16. The summed E-state index contributed by atoms with van der Waals surface area (Å²) in [5, 5.41) is 0. The maximum atomic E-state index is 4.57. The predicted molar refractivity (Wildman–Crippen MR) is 62.1 cm³/mol. The molecule has 1 aromatic heterocycles. The minimum Gasteiger partial charge on any atom is -0.338 e. The van der Waals surface area contributed by atoms with Crippen LogP contribution in [0.2, 0.25) is 0 Å². The molecule has 0 fully saturated rings. The Morgan fingerprint density at radius 1 is 1.20 bits per heavy atom. The SMILES string of the molecule is C1=CCN(c2nc3ccccc3[nH]2)CC1. The van der Waals surface area contributed by atoms with E-state index in [-0.39, 0.29) is 0 Å². The Morgan fingerprint density at radius 3 is 2.93 bits per heavy atom. The number of H-pyrrole nitrogens is 1. The van der Waals surface area contributed by atoms with E-state index in [9.17, 15) is 0 Å². The van der Waals surface area contributed by atoms with Gasteiger partial charge < -0.3 is 9.88 Å². The second-order valence-electron chi connectivity index (χ2n) is 3.78. The highest BCUT2D eigenvalue weighted by atomic mass is 15.3. The second-order valence-corrected chi connectivity index (χ2v) is 3.78. The third-order valence-corrected chi connectivity index (χ3v) is 2.73. The number of rotatable bonds is 1. The molecule has 0 saturated heterocycles. The van der Waals surface area contributed by atoms with Crippen molar-refractivity contribution in [2.75, 3.05) is 18.0 Å². The van der Waals surface area contributed by atoms with E-state index < -0.39 is 0 Å². The Kier molecular flexibility index (Phi) is 1.95. The highest BCUT2D eigenvalue weighted by Crippen LogP contribution is 2.18. The molecule has 1 aliphatic heterocycles. The summed E-state index contributed by atoms with van der Waals surface area (Å²) in [4.78, 5) is 10.2. The van der Waals surface area contributed by atoms with Gasteiger partial charge in [0.2, 0.25) is 5.95 Å². The summed E-state index contributed by atoms with van der Waals surface area (Å²) in [6.45, 7) is 2.01. The zero-order valence-electron chi connectivity index (χ0n) is 8.48. The zero-order valence-corrected chi connectivity index (χ0v) is 8.48. The van der Waals surface area contributed by atoms with E-state index in [0.29, 0.717) is 0 Å². The monoisotopic (exact) mass is 199 g/mol. The fraction of sp³-hybridized carbons (Fsp3) is 0.250. The first kappa shape index (κ1) is 8.53. The molecular formula is C12H13N3. The minimum absolute atomic E-state index is 0.958. The van der Waals surface area contributed by atoms with Gasteiger partial charge in [0.15, 0.2) is 0 Å². The number of para-hydroxylation sites is 2. The number of nitrogens with zero attached hydrogens (tertiary/aromatic N) is 2. The van der Waals surface area contributed by atoms with E-state index in [1.165, 1.54) is 0 Å². The summed E-state index contributed by atoms with van der Waals surface area (Å²) < 4.78 is 0. The van der Waals surface area contributed by atoms with Crippen molar-refractivity contribution in [1.82, 2.24) is 9.97 Å². The first-order valence-electron chi connectivity index (χ1n) is 5.28. The molecule has 1 N–H and O–H groups in total. The van der Waals surface area contributed by atoms with E-state index in [2.05, 4.69) is 33.1 Å². The van der Waals surface area contributed by atoms with Crippen molar-refractivity contribution >= 4 is 17.0 Å². The largest absolute Gasteiger partial charge is 0.338 e. The van der Waals surface area contributed by atoms with Gasteiger partial charge in [-0.15, -0.1) is 0 Å². The van der Waals surface area contributed by atoms with Crippen LogP contribution in [0.25, 0.3) is 11.0 Å². The van der Waals surface area contributed by atoms with Gasteiger partial charge in [-0.05, 0) is 18.6 Å². The van der Waals surface area contributed by atoms with Gasteiger partial charge in [-0.25, -0.2) is 4.98 Å². The lowest BCUT2D eigenvalue weighted by Gasteiger charge is -2.22. The quantitative estimate of drug-likeness (QED) is 0.715. The maximum absolute atomic E-state index is 4.57. The number of benzene rings is 1. The van der Waals surface area contributed by atoms with Crippen molar-refractivity contribution in [3.63, 3.8) is 0 Å². The Bertz CT molecular complexity index is 465. The number of aromatic nitrogens is 2. The molecule has 3 rings (SSSR count). The summed E-state index contributed by atoms with van der Waals surface area (Å²) in [5.74, 6) is 0.987. The van der Waals surface area contributed by atoms with Gasteiger partial charge in [0.1, 0.15) is 0 Å². The predicted octanol–water partition coefficient (Wildman–Crippen LogP) is 2.33. The van der Waals surface area contributed by atoms with Crippen LogP contribution in [0.1, 0.15) is 6.42 Å². The first-order chi connectivity index (χ1) is 7.43. The zero-order chi connectivity index (χ0) is 10.1. The summed E-state index contributed by atoms with van der Waals surface area (Å²) >= 11 is 0. The standard InChI is InChI=1S/C12H13N3/c1-4-8-15(9-5-1)12-13-10-6-2-3-7-11(10)14-12/h1-4,6-7H,5,8-9H2,(H,13,14). The Hall–Kier alpha value is -1.77. The summed E-state index contributed by atoms with van der Waals surface area (Å²) in [6.07, 6.45) is 5.52. The van der Waals surface area contributed by atoms with Crippen LogP contribution < -0.4 is 4.90 Å². The molecule has 0 unspecified atom stereocenters. The van der Waals surface area contributed by atoms with Gasteiger partial charge in [0.25, 0.3) is 0 Å². The number of fused-ring (bicyclic) bond motifs is 1. The molecule has 0 radical (unpaired) electrons. The van der Waals surface area contributed by atoms with Crippen LogP contribution in [0.4, 0.5) is 5.95 Å². The Labute approximate surface area is 88.4 Å². The number of nitrogens with one attached hydrogen (secondary N) is 1. The normalized spacial score (nSPS) is 16.1. The van der Waals surface area contributed by atoms with Crippen molar-refractivity contribution in [2.45, 2.75) is 6.42 Å². The van der Waals surface area contributed by atoms with Crippen LogP contribution in [-0.2, 0) is 0 Å². The van der Waals surface area contributed by atoms with Crippen molar-refractivity contribution in [3.8, 4) is 0 Å². The van der Waals surface area contributed by atoms with Crippen molar-refractivity contribution in [3.05, 3.63) is 36.4 Å². The molecule has 1 aliphatic rings. The van der Waals surface area contributed by atoms with E-state index in [1.807, 2.05) is 18.2 Å². The van der Waals surface area contributed by atoms with Crippen LogP contribution in [0.5, 0.6) is 0 Å². The highest BCUT2D eigenvalue weighted by Gasteiger charge is 2.10. The lowest BCUT2D eigenvalue weighted by atomic mass is 10.3. The van der Waals surface area contributed by atoms with Crippen LogP contribution in [0.3, 0.4) is 0 Å². The molecule has 3 nitrogen and oxygen atoms in total. The van der Waals surface area contributed by atoms with Gasteiger partial charge in [-0.2, -0.15) is 0 Å². The molecule has 76 valence electrons. The van der Waals surface area contributed by atoms with E-state index in [4.69, 9.17) is 0 Å². The van der Waals surface area contributed by atoms with Gasteiger partial charge in [0.05, 0.1) is 11.0 Å². The van der Waals surface area contributed by atoms with Gasteiger partial charge >= 0.3 is 0 Å². The first-order valence-corrected chi connectivity index (χ1v) is 5.28. The molecule has 2 aromatic rings. The number of hydrogen-bond donors (Lipinski definition) is 1. The van der Waals surface area contributed by atoms with Gasteiger partial charge in [0, 0.05) is 13.1 Å². The summed E-state index contributed by atoms with van der Waals surface area (Å²) in [7, 11) is 0. The molecule has 1 aromatic carbocycles. The smallest absolute Gasteiger partial charge is 0.204 e. The molecule has 0 amide bonds.